The van der Waals surface area contributed by atoms with Gasteiger partial charge in [0.05, 0.1) is 0 Å². The normalized spacial score (nSPS) is 20.0. The lowest BCUT2D eigenvalue weighted by atomic mass is 10.3. The van der Waals surface area contributed by atoms with Crippen molar-refractivity contribution in [3.63, 3.8) is 0 Å². The number of nitrogens with zero attached hydrogens (tertiary/aromatic N) is 3. The second-order valence-corrected chi connectivity index (χ2v) is 3.93. The van der Waals surface area contributed by atoms with Gasteiger partial charge in [-0.15, -0.1) is 0 Å². The smallest absolute Gasteiger partial charge is 0.261 e. The maximum atomic E-state index is 10.6. The van der Waals surface area contributed by atoms with Crippen LogP contribution in [0, 0.1) is 0 Å². The van der Waals surface area contributed by atoms with Gasteiger partial charge in [-0.25, -0.2) is 0 Å². The molecule has 1 unspecified atom stereocenters. The van der Waals surface area contributed by atoms with Crippen LogP contribution in [-0.2, 0) is 9.63 Å². The Morgan fingerprint density at radius 1 is 1.75 bits per heavy atom. The minimum absolute atomic E-state index is 0.0618. The van der Waals surface area contributed by atoms with E-state index in [1.165, 1.54) is 0 Å². The molecule has 1 radical (unpaired) electrons. The van der Waals surface area contributed by atoms with Crippen LogP contribution in [-0.4, -0.2) is 27.5 Å². The van der Waals surface area contributed by atoms with Gasteiger partial charge < -0.3 is 10.6 Å². The molecule has 0 fully saturated rings. The molecule has 0 aromatic carbocycles. The molecule has 1 aliphatic rings. The zero-order valence-corrected chi connectivity index (χ0v) is 9.11. The van der Waals surface area contributed by atoms with Crippen molar-refractivity contribution in [2.45, 2.75) is 18.9 Å². The van der Waals surface area contributed by atoms with E-state index >= 15 is 0 Å². The topological polar surface area (TPSA) is 90.5 Å². The number of hydrogen-bond donors (Lipinski definition) is 1. The van der Waals surface area contributed by atoms with E-state index in [1.54, 1.807) is 6.29 Å². The van der Waals surface area contributed by atoms with Crippen molar-refractivity contribution in [3.8, 4) is 0 Å². The first kappa shape index (κ1) is 10.7. The van der Waals surface area contributed by atoms with Gasteiger partial charge in [0.2, 0.25) is 5.82 Å². The summed E-state index contributed by atoms with van der Waals surface area (Å²) in [5, 5.41) is 3.95. The quantitative estimate of drug-likeness (QED) is 0.472. The van der Waals surface area contributed by atoms with E-state index in [2.05, 4.69) is 14.5 Å². The van der Waals surface area contributed by atoms with Crippen LogP contribution in [0.3, 0.4) is 0 Å². The van der Waals surface area contributed by atoms with Gasteiger partial charge in [-0.05, 0) is 18.9 Å². The summed E-state index contributed by atoms with van der Waals surface area (Å²) in [6, 6.07) is 0. The largest absolute Gasteiger partial charge is 0.388 e. The SMILES string of the molecule is Nc1nc(/C([C]=O)=N/OC2C=CCC2)ns1. The summed E-state index contributed by atoms with van der Waals surface area (Å²) in [5.41, 5.74) is 5.34. The molecule has 0 bridgehead atoms. The van der Waals surface area contributed by atoms with Gasteiger partial charge in [-0.2, -0.15) is 9.36 Å². The van der Waals surface area contributed by atoms with Crippen LogP contribution in [0.15, 0.2) is 17.3 Å². The summed E-state index contributed by atoms with van der Waals surface area (Å²) >= 11 is 0.994. The Kier molecular flexibility index (Phi) is 3.25. The van der Waals surface area contributed by atoms with E-state index in [-0.39, 0.29) is 22.8 Å². The Balaban J connectivity index is 2.06. The maximum Gasteiger partial charge on any atom is 0.261 e. The van der Waals surface area contributed by atoms with Crippen LogP contribution >= 0.6 is 11.5 Å². The third kappa shape index (κ3) is 2.43. The average Bonchev–Trinajstić information content (AvgIpc) is 2.91. The molecule has 1 aromatic heterocycles. The van der Waals surface area contributed by atoms with Gasteiger partial charge in [0, 0.05) is 11.5 Å². The molecular weight excluding hydrogens is 228 g/mol. The number of hydrogen-bond acceptors (Lipinski definition) is 7. The van der Waals surface area contributed by atoms with E-state index in [0.29, 0.717) is 0 Å². The fourth-order valence-corrected chi connectivity index (χ4v) is 1.68. The van der Waals surface area contributed by atoms with E-state index in [4.69, 9.17) is 10.6 Å². The van der Waals surface area contributed by atoms with E-state index < -0.39 is 0 Å². The predicted molar refractivity (Wildman–Crippen MR) is 59.8 cm³/mol. The number of anilines is 1. The number of oxime groups is 1. The minimum Gasteiger partial charge on any atom is -0.388 e. The average molecular weight is 237 g/mol. The highest BCUT2D eigenvalue weighted by atomic mass is 32.1. The molecule has 1 heterocycles. The zero-order valence-electron chi connectivity index (χ0n) is 8.29. The fourth-order valence-electron chi connectivity index (χ4n) is 1.25. The van der Waals surface area contributed by atoms with Crippen LogP contribution in [0.25, 0.3) is 0 Å². The van der Waals surface area contributed by atoms with Crippen molar-refractivity contribution in [2.75, 3.05) is 5.73 Å². The summed E-state index contributed by atoms with van der Waals surface area (Å²) < 4.78 is 3.85. The van der Waals surface area contributed by atoms with Crippen molar-refractivity contribution >= 4 is 28.7 Å². The molecule has 7 heteroatoms. The first-order chi connectivity index (χ1) is 7.79. The van der Waals surface area contributed by atoms with E-state index in [1.807, 2.05) is 12.2 Å². The third-order valence-electron chi connectivity index (χ3n) is 2.00. The molecule has 6 nitrogen and oxygen atoms in total. The highest BCUT2D eigenvalue weighted by Gasteiger charge is 2.14. The van der Waals surface area contributed by atoms with Gasteiger partial charge in [0.15, 0.2) is 10.8 Å². The highest BCUT2D eigenvalue weighted by Crippen LogP contribution is 2.13. The summed E-state index contributed by atoms with van der Waals surface area (Å²) in [5.74, 6) is 0.152. The summed E-state index contributed by atoms with van der Waals surface area (Å²) in [7, 11) is 0. The minimum atomic E-state index is -0.0840. The van der Waals surface area contributed by atoms with Crippen LogP contribution < -0.4 is 5.73 Å². The molecule has 2 rings (SSSR count). The molecule has 0 spiro atoms. The van der Waals surface area contributed by atoms with Crippen molar-refractivity contribution < 1.29 is 9.63 Å². The Hall–Kier alpha value is -1.76. The molecule has 1 aromatic rings. The number of nitrogen functional groups attached to an aromatic ring is 1. The summed E-state index contributed by atoms with van der Waals surface area (Å²) in [6.07, 6.45) is 7.27. The fraction of sp³-hybridized carbons (Fsp3) is 0.333. The van der Waals surface area contributed by atoms with Crippen molar-refractivity contribution in [1.82, 2.24) is 9.36 Å². The molecule has 83 valence electrons. The summed E-state index contributed by atoms with van der Waals surface area (Å²) in [6.45, 7) is 0. The van der Waals surface area contributed by atoms with Gasteiger partial charge in [-0.1, -0.05) is 11.2 Å². The number of rotatable bonds is 4. The lowest BCUT2D eigenvalue weighted by Crippen LogP contribution is -2.09. The van der Waals surface area contributed by atoms with Gasteiger partial charge in [0.25, 0.3) is 6.29 Å². The predicted octanol–water partition coefficient (Wildman–Crippen LogP) is 0.669. The Labute approximate surface area is 96.0 Å². The Morgan fingerprint density at radius 3 is 3.19 bits per heavy atom. The van der Waals surface area contributed by atoms with Gasteiger partial charge >= 0.3 is 0 Å². The highest BCUT2D eigenvalue weighted by molar-refractivity contribution is 7.09. The van der Waals surface area contributed by atoms with Crippen molar-refractivity contribution in [2.24, 2.45) is 5.16 Å². The van der Waals surface area contributed by atoms with Crippen LogP contribution in [0.2, 0.25) is 0 Å². The van der Waals surface area contributed by atoms with E-state index in [0.717, 1.165) is 24.4 Å². The summed E-state index contributed by atoms with van der Waals surface area (Å²) in [4.78, 5) is 19.6. The molecule has 16 heavy (non-hydrogen) atoms. The van der Waals surface area contributed by atoms with Crippen molar-refractivity contribution in [3.05, 3.63) is 18.0 Å². The second kappa shape index (κ2) is 4.84. The number of allylic oxidation sites excluding steroid dienone is 1. The molecule has 0 aliphatic heterocycles. The lowest BCUT2D eigenvalue weighted by molar-refractivity contribution is 0.0932. The maximum absolute atomic E-state index is 10.6. The van der Waals surface area contributed by atoms with E-state index in [9.17, 15) is 4.79 Å². The standard InChI is InChI=1S/C9H9N4O2S/c10-9-11-8(13-16-9)7(5-14)12-15-6-3-1-2-4-6/h1,3,6H,2,4H2,(H2,10,11,13)/b12-7+. The molecule has 1 atom stereocenters. The molecular formula is C9H9N4O2S. The Morgan fingerprint density at radius 2 is 2.62 bits per heavy atom. The number of carbonyl (C=O) groups excluding carboxylic acids is 1. The van der Waals surface area contributed by atoms with Crippen LogP contribution in [0.5, 0.6) is 0 Å². The number of aromatic nitrogens is 2. The van der Waals surface area contributed by atoms with Gasteiger partial charge in [0.1, 0.15) is 6.10 Å². The third-order valence-corrected chi connectivity index (χ3v) is 2.54. The lowest BCUT2D eigenvalue weighted by Gasteiger charge is -2.04. The van der Waals surface area contributed by atoms with Crippen molar-refractivity contribution in [1.29, 1.82) is 0 Å². The monoisotopic (exact) mass is 237 g/mol. The molecule has 0 saturated heterocycles. The van der Waals surface area contributed by atoms with Crippen LogP contribution in [0.4, 0.5) is 5.13 Å². The second-order valence-electron chi connectivity index (χ2n) is 3.15. The molecule has 0 amide bonds. The number of nitrogens with two attached hydrogens (primary N) is 1. The molecule has 0 saturated carbocycles. The molecule has 1 aliphatic carbocycles. The zero-order chi connectivity index (χ0) is 11.4. The van der Waals surface area contributed by atoms with Gasteiger partial charge in [-0.3, -0.25) is 4.79 Å². The Bertz CT molecular complexity index is 440. The first-order valence-corrected chi connectivity index (χ1v) is 5.45. The van der Waals surface area contributed by atoms with Crippen LogP contribution in [0.1, 0.15) is 18.7 Å². The first-order valence-electron chi connectivity index (χ1n) is 4.68. The molecule has 2 N–H and O–H groups in total.